The lowest BCUT2D eigenvalue weighted by Crippen LogP contribution is -2.52. The molecular weight excluding hydrogens is 571 g/mol. The Morgan fingerprint density at radius 3 is 2.51 bits per heavy atom. The molecule has 8 nitrogen and oxygen atoms in total. The molecule has 3 aromatic carbocycles. The molecule has 45 heavy (non-hydrogen) atoms. The summed E-state index contributed by atoms with van der Waals surface area (Å²) in [4.78, 5) is 18.6. The molecular formula is C36H37FN4O4. The van der Waals surface area contributed by atoms with E-state index in [1.165, 1.54) is 12.1 Å². The molecule has 0 radical (unpaired) electrons. The van der Waals surface area contributed by atoms with Crippen molar-refractivity contribution in [3.63, 3.8) is 0 Å². The number of hydrogen-bond acceptors (Lipinski definition) is 7. The van der Waals surface area contributed by atoms with E-state index in [0.717, 1.165) is 11.1 Å². The molecule has 0 spiro atoms. The summed E-state index contributed by atoms with van der Waals surface area (Å²) in [6.07, 6.45) is -0.0978. The maximum atomic E-state index is 15.0. The summed E-state index contributed by atoms with van der Waals surface area (Å²) >= 11 is 0. The van der Waals surface area contributed by atoms with Crippen molar-refractivity contribution in [1.82, 2.24) is 4.98 Å². The molecule has 2 atom stereocenters. The summed E-state index contributed by atoms with van der Waals surface area (Å²) in [5, 5.41) is 21.0. The zero-order valence-electron chi connectivity index (χ0n) is 25.9. The minimum atomic E-state index is -0.809. The number of ether oxygens (including phenoxy) is 2. The highest BCUT2D eigenvalue weighted by Gasteiger charge is 2.38. The van der Waals surface area contributed by atoms with Crippen LogP contribution in [0.4, 0.5) is 15.0 Å². The SMILES string of the molecule is Cc1ccc(-c2c(O)cc(N3CCC(OC(N)=O)CC3C(C)(C)C)nc2-c2ccc(C#N)c(F)c2)cc1OCc1ccccc1. The molecule has 0 aliphatic carbocycles. The topological polar surface area (TPSA) is 122 Å². The Morgan fingerprint density at radius 2 is 1.84 bits per heavy atom. The van der Waals surface area contributed by atoms with Crippen LogP contribution in [0.15, 0.2) is 72.8 Å². The van der Waals surface area contributed by atoms with Crippen LogP contribution in [0.3, 0.4) is 0 Å². The highest BCUT2D eigenvalue weighted by Crippen LogP contribution is 2.44. The second kappa shape index (κ2) is 12.9. The Hall–Kier alpha value is -5.10. The number of halogens is 1. The standard InChI is InChI=1S/C36H37FN4O4/c1-22-10-11-24(17-30(22)44-21-23-8-6-5-7-9-23)33-29(42)19-32(40-34(33)25-12-13-26(20-38)28(37)16-25)41-15-14-27(45-35(39)43)18-31(41)36(2,3)4/h5-13,16-17,19,27,31H,14-15,18,21H2,1-4H3,(H2,39,43)(H,40,42). The van der Waals surface area contributed by atoms with E-state index in [1.807, 2.05) is 61.5 Å². The molecule has 1 aliphatic rings. The number of carbonyl (C=O) groups is 1. The smallest absolute Gasteiger partial charge is 0.404 e. The Labute approximate surface area is 262 Å². The van der Waals surface area contributed by atoms with E-state index in [2.05, 4.69) is 25.7 Å². The fourth-order valence-electron chi connectivity index (χ4n) is 5.86. The lowest BCUT2D eigenvalue weighted by molar-refractivity contribution is 0.0668. The molecule has 232 valence electrons. The van der Waals surface area contributed by atoms with Crippen molar-refractivity contribution in [3.8, 4) is 40.0 Å². The number of nitriles is 1. The fraction of sp³-hybridized carbons (Fsp3) is 0.306. The first kappa shape index (κ1) is 31.3. The molecule has 5 rings (SSSR count). The highest BCUT2D eigenvalue weighted by atomic mass is 19.1. The number of anilines is 1. The molecule has 1 fully saturated rings. The Balaban J connectivity index is 1.61. The van der Waals surface area contributed by atoms with Gasteiger partial charge in [0.1, 0.15) is 41.9 Å². The summed E-state index contributed by atoms with van der Waals surface area (Å²) in [6.45, 7) is 9.07. The van der Waals surface area contributed by atoms with E-state index in [9.17, 15) is 19.6 Å². The van der Waals surface area contributed by atoms with E-state index in [0.29, 0.717) is 59.9 Å². The number of carbonyl (C=O) groups excluding carboxylic acids is 1. The van der Waals surface area contributed by atoms with Crippen LogP contribution in [-0.4, -0.2) is 34.9 Å². The summed E-state index contributed by atoms with van der Waals surface area (Å²) in [5.74, 6) is 0.420. The third kappa shape index (κ3) is 7.01. The van der Waals surface area contributed by atoms with Crippen LogP contribution in [0.1, 0.15) is 50.3 Å². The van der Waals surface area contributed by atoms with Crippen molar-refractivity contribution in [2.24, 2.45) is 11.1 Å². The van der Waals surface area contributed by atoms with Gasteiger partial charge in [-0.1, -0.05) is 69.3 Å². The number of primary amides is 1. The third-order valence-corrected chi connectivity index (χ3v) is 8.19. The Bertz CT molecular complexity index is 1750. The third-order valence-electron chi connectivity index (χ3n) is 8.19. The number of amides is 1. The minimum absolute atomic E-state index is 0.0409. The number of nitrogens with zero attached hydrogens (tertiary/aromatic N) is 3. The molecule has 2 unspecified atom stereocenters. The summed E-state index contributed by atoms with van der Waals surface area (Å²) in [6, 6.07) is 23.1. The van der Waals surface area contributed by atoms with E-state index in [-0.39, 0.29) is 28.9 Å². The van der Waals surface area contributed by atoms with Crippen LogP contribution in [0.2, 0.25) is 0 Å². The number of piperidine rings is 1. The van der Waals surface area contributed by atoms with Crippen LogP contribution in [0.5, 0.6) is 11.5 Å². The summed E-state index contributed by atoms with van der Waals surface area (Å²) in [7, 11) is 0. The van der Waals surface area contributed by atoms with Crippen molar-refractivity contribution in [3.05, 3.63) is 95.3 Å². The molecule has 9 heteroatoms. The number of nitrogens with two attached hydrogens (primary N) is 1. The van der Waals surface area contributed by atoms with Crippen molar-refractivity contribution in [1.29, 1.82) is 5.26 Å². The Morgan fingerprint density at radius 1 is 1.11 bits per heavy atom. The van der Waals surface area contributed by atoms with Crippen molar-refractivity contribution in [2.45, 2.75) is 59.3 Å². The average Bonchev–Trinajstić information content (AvgIpc) is 3.00. The van der Waals surface area contributed by atoms with E-state index >= 15 is 0 Å². The zero-order valence-corrected chi connectivity index (χ0v) is 25.9. The first-order valence-corrected chi connectivity index (χ1v) is 14.9. The van der Waals surface area contributed by atoms with Gasteiger partial charge < -0.3 is 25.2 Å². The van der Waals surface area contributed by atoms with Crippen LogP contribution in [0, 0.1) is 29.5 Å². The Kier molecular flexibility index (Phi) is 8.96. The van der Waals surface area contributed by atoms with Gasteiger partial charge >= 0.3 is 6.09 Å². The largest absolute Gasteiger partial charge is 0.507 e. The molecule has 1 aliphatic heterocycles. The fourth-order valence-corrected chi connectivity index (χ4v) is 5.86. The van der Waals surface area contributed by atoms with Gasteiger partial charge in [0.05, 0.1) is 16.8 Å². The van der Waals surface area contributed by atoms with Crippen LogP contribution in [0.25, 0.3) is 22.4 Å². The first-order chi connectivity index (χ1) is 21.4. The van der Waals surface area contributed by atoms with Gasteiger partial charge in [-0.15, -0.1) is 0 Å². The van der Waals surface area contributed by atoms with Gasteiger partial charge in [-0.2, -0.15) is 5.26 Å². The number of aromatic nitrogens is 1. The number of aromatic hydroxyl groups is 1. The summed E-state index contributed by atoms with van der Waals surface area (Å²) in [5.41, 5.74) is 8.73. The summed E-state index contributed by atoms with van der Waals surface area (Å²) < 4.78 is 26.5. The molecule has 0 saturated carbocycles. The number of aryl methyl sites for hydroxylation is 1. The molecule has 4 aromatic rings. The molecule has 1 amide bonds. The lowest BCUT2D eigenvalue weighted by Gasteiger charge is -2.46. The van der Waals surface area contributed by atoms with Crippen LogP contribution in [-0.2, 0) is 11.3 Å². The second-order valence-electron chi connectivity index (χ2n) is 12.4. The van der Waals surface area contributed by atoms with Crippen LogP contribution >= 0.6 is 0 Å². The van der Waals surface area contributed by atoms with E-state index in [1.54, 1.807) is 12.1 Å². The van der Waals surface area contributed by atoms with Gasteiger partial charge in [-0.05, 0) is 47.2 Å². The second-order valence-corrected chi connectivity index (χ2v) is 12.4. The van der Waals surface area contributed by atoms with Gasteiger partial charge in [0.25, 0.3) is 0 Å². The van der Waals surface area contributed by atoms with Crippen LogP contribution < -0.4 is 15.4 Å². The van der Waals surface area contributed by atoms with Gasteiger partial charge in [0.2, 0.25) is 0 Å². The maximum absolute atomic E-state index is 15.0. The minimum Gasteiger partial charge on any atom is -0.507 e. The zero-order chi connectivity index (χ0) is 32.3. The molecule has 3 N–H and O–H groups in total. The van der Waals surface area contributed by atoms with E-state index in [4.69, 9.17) is 20.2 Å². The van der Waals surface area contributed by atoms with Gasteiger partial charge in [-0.25, -0.2) is 14.2 Å². The molecule has 1 aromatic heterocycles. The van der Waals surface area contributed by atoms with Crippen molar-refractivity contribution >= 4 is 11.9 Å². The number of rotatable bonds is 7. The number of pyridine rings is 1. The quantitative estimate of drug-likeness (QED) is 0.223. The maximum Gasteiger partial charge on any atom is 0.404 e. The van der Waals surface area contributed by atoms with Gasteiger partial charge in [0.15, 0.2) is 0 Å². The number of benzene rings is 3. The van der Waals surface area contributed by atoms with Crippen molar-refractivity contribution in [2.75, 3.05) is 11.4 Å². The van der Waals surface area contributed by atoms with E-state index < -0.39 is 11.9 Å². The predicted octanol–water partition coefficient (Wildman–Crippen LogP) is 7.50. The monoisotopic (exact) mass is 608 g/mol. The molecule has 1 saturated heterocycles. The first-order valence-electron chi connectivity index (χ1n) is 14.9. The van der Waals surface area contributed by atoms with Gasteiger partial charge in [0, 0.05) is 37.1 Å². The highest BCUT2D eigenvalue weighted by molar-refractivity contribution is 5.87. The molecule has 0 bridgehead atoms. The number of hydrogen-bond donors (Lipinski definition) is 2. The van der Waals surface area contributed by atoms with Crippen molar-refractivity contribution < 1.29 is 23.8 Å². The normalized spacial score (nSPS) is 16.6. The van der Waals surface area contributed by atoms with Gasteiger partial charge in [-0.3, -0.25) is 0 Å². The average molecular weight is 609 g/mol. The predicted molar refractivity (Wildman–Crippen MR) is 171 cm³/mol. The molecule has 2 heterocycles. The lowest BCUT2D eigenvalue weighted by atomic mass is 9.79.